The number of rotatable bonds is 9. The molecule has 154 valence electrons. The Balaban J connectivity index is 1.97. The number of hydrogen-bond donors (Lipinski definition) is 2. The van der Waals surface area contributed by atoms with Crippen LogP contribution in [0.25, 0.3) is 0 Å². The van der Waals surface area contributed by atoms with Gasteiger partial charge in [-0.1, -0.05) is 22.5 Å². The molecule has 0 saturated carbocycles. The monoisotopic (exact) mass is 478 g/mol. The quantitative estimate of drug-likeness (QED) is 0.312. The van der Waals surface area contributed by atoms with Crippen LogP contribution in [-0.2, 0) is 4.74 Å². The van der Waals surface area contributed by atoms with Gasteiger partial charge in [-0.2, -0.15) is 0 Å². The van der Waals surface area contributed by atoms with Crippen molar-refractivity contribution >= 4 is 44.9 Å². The Morgan fingerprint density at radius 1 is 1.14 bits per heavy atom. The predicted molar refractivity (Wildman–Crippen MR) is 122 cm³/mol. The minimum atomic E-state index is -0.377. The highest BCUT2D eigenvalue weighted by atomic mass is 79.9. The summed E-state index contributed by atoms with van der Waals surface area (Å²) in [5.41, 5.74) is 2.03. The van der Waals surface area contributed by atoms with E-state index in [1.807, 2.05) is 31.2 Å². The van der Waals surface area contributed by atoms with Crippen LogP contribution >= 0.6 is 28.1 Å². The fourth-order valence-electron chi connectivity index (χ4n) is 2.21. The lowest BCUT2D eigenvalue weighted by Crippen LogP contribution is -2.34. The first kappa shape index (κ1) is 22.9. The molecule has 0 aliphatic rings. The van der Waals surface area contributed by atoms with Crippen LogP contribution in [0, 0.1) is 0 Å². The number of halogens is 1. The number of hydrogen-bond acceptors (Lipinski definition) is 5. The fourth-order valence-corrected chi connectivity index (χ4v) is 2.79. The topological polar surface area (TPSA) is 68.8 Å². The molecule has 0 saturated heterocycles. The molecule has 2 N–H and O–H groups in total. The van der Waals surface area contributed by atoms with Crippen LogP contribution in [-0.4, -0.2) is 38.0 Å². The van der Waals surface area contributed by atoms with Crippen molar-refractivity contribution < 1.29 is 19.0 Å². The molecular weight excluding hydrogens is 456 g/mol. The number of benzene rings is 2. The second kappa shape index (κ2) is 11.5. The highest BCUT2D eigenvalue weighted by Gasteiger charge is 2.15. The first-order valence-corrected chi connectivity index (χ1v) is 10.00. The van der Waals surface area contributed by atoms with Crippen LogP contribution in [0.15, 0.2) is 59.1 Å². The highest BCUT2D eigenvalue weighted by Crippen LogP contribution is 2.23. The van der Waals surface area contributed by atoms with Gasteiger partial charge in [0.25, 0.3) is 5.91 Å². The second-order valence-corrected chi connectivity index (χ2v) is 7.48. The van der Waals surface area contributed by atoms with Gasteiger partial charge < -0.3 is 19.5 Å². The molecule has 0 aliphatic heterocycles. The molecule has 0 heterocycles. The highest BCUT2D eigenvalue weighted by molar-refractivity contribution is 9.10. The van der Waals surface area contributed by atoms with E-state index in [4.69, 9.17) is 26.4 Å². The SMILES string of the molecule is C=C(C)COc1ccc(NC(=S)NC(=O)c2cc(Br)ccc2OCCOC)cc1. The van der Waals surface area contributed by atoms with Gasteiger partial charge in [0, 0.05) is 17.3 Å². The van der Waals surface area contributed by atoms with Crippen molar-refractivity contribution in [2.45, 2.75) is 6.92 Å². The summed E-state index contributed by atoms with van der Waals surface area (Å²) in [5, 5.41) is 5.81. The molecule has 1 amide bonds. The number of carbonyl (C=O) groups excluding carboxylic acids is 1. The fraction of sp³-hybridized carbons (Fsp3) is 0.238. The zero-order valence-corrected chi connectivity index (χ0v) is 18.7. The Hall–Kier alpha value is -2.42. The minimum Gasteiger partial charge on any atom is -0.490 e. The summed E-state index contributed by atoms with van der Waals surface area (Å²) in [5.74, 6) is 0.794. The summed E-state index contributed by atoms with van der Waals surface area (Å²) in [6.45, 7) is 6.91. The number of nitrogens with one attached hydrogen (secondary N) is 2. The van der Waals surface area contributed by atoms with Crippen molar-refractivity contribution in [3.05, 3.63) is 64.7 Å². The summed E-state index contributed by atoms with van der Waals surface area (Å²) in [6, 6.07) is 12.4. The first-order chi connectivity index (χ1) is 13.9. The van der Waals surface area contributed by atoms with E-state index in [-0.39, 0.29) is 11.0 Å². The third kappa shape index (κ3) is 7.84. The standard InChI is InChI=1S/C21H23BrN2O4S/c1-14(2)13-28-17-7-5-16(6-8-17)23-21(29)24-20(25)18-12-15(22)4-9-19(18)27-11-10-26-3/h4-9,12H,1,10-11,13H2,2-3H3,(H2,23,24,25,29). The maximum absolute atomic E-state index is 12.7. The van der Waals surface area contributed by atoms with Crippen molar-refractivity contribution in [3.63, 3.8) is 0 Å². The summed E-state index contributed by atoms with van der Waals surface area (Å²) >= 11 is 8.62. The minimum absolute atomic E-state index is 0.174. The number of carbonyl (C=O) groups is 1. The molecule has 8 heteroatoms. The Bertz CT molecular complexity index is 871. The van der Waals surface area contributed by atoms with Crippen LogP contribution in [0.1, 0.15) is 17.3 Å². The first-order valence-electron chi connectivity index (χ1n) is 8.80. The van der Waals surface area contributed by atoms with Gasteiger partial charge in [-0.05, 0) is 67.2 Å². The Kier molecular flexibility index (Phi) is 9.11. The number of methoxy groups -OCH3 is 1. The number of anilines is 1. The summed E-state index contributed by atoms with van der Waals surface area (Å²) in [7, 11) is 1.59. The Labute approximate surface area is 184 Å². The van der Waals surface area contributed by atoms with Crippen molar-refractivity contribution in [2.24, 2.45) is 0 Å². The molecule has 0 bridgehead atoms. The predicted octanol–water partition coefficient (Wildman–Crippen LogP) is 4.56. The smallest absolute Gasteiger partial charge is 0.261 e. The zero-order chi connectivity index (χ0) is 21.2. The van der Waals surface area contributed by atoms with Gasteiger partial charge in [-0.25, -0.2) is 0 Å². The lowest BCUT2D eigenvalue weighted by molar-refractivity contribution is 0.0969. The molecule has 0 aliphatic carbocycles. The summed E-state index contributed by atoms with van der Waals surface area (Å²) in [4.78, 5) is 12.7. The molecule has 0 radical (unpaired) electrons. The van der Waals surface area contributed by atoms with Gasteiger partial charge in [0.15, 0.2) is 5.11 Å². The third-order valence-electron chi connectivity index (χ3n) is 3.56. The van der Waals surface area contributed by atoms with Crippen LogP contribution in [0.3, 0.4) is 0 Å². The van der Waals surface area contributed by atoms with Gasteiger partial charge in [-0.3, -0.25) is 10.1 Å². The molecule has 0 spiro atoms. The molecule has 0 fully saturated rings. The van der Waals surface area contributed by atoms with Crippen LogP contribution < -0.4 is 20.1 Å². The average molecular weight is 479 g/mol. The zero-order valence-electron chi connectivity index (χ0n) is 16.3. The van der Waals surface area contributed by atoms with Crippen LogP contribution in [0.2, 0.25) is 0 Å². The second-order valence-electron chi connectivity index (χ2n) is 6.16. The Morgan fingerprint density at radius 3 is 2.52 bits per heavy atom. The average Bonchev–Trinajstić information content (AvgIpc) is 2.68. The number of ether oxygens (including phenoxy) is 3. The van der Waals surface area contributed by atoms with E-state index in [1.165, 1.54) is 0 Å². The summed E-state index contributed by atoms with van der Waals surface area (Å²) in [6.07, 6.45) is 0. The van der Waals surface area contributed by atoms with Gasteiger partial charge in [0.1, 0.15) is 24.7 Å². The number of thiocarbonyl (C=S) groups is 1. The van der Waals surface area contributed by atoms with E-state index in [0.717, 1.165) is 21.5 Å². The molecule has 2 aromatic carbocycles. The molecule has 2 aromatic rings. The number of amides is 1. The molecule has 6 nitrogen and oxygen atoms in total. The molecule has 0 atom stereocenters. The van der Waals surface area contributed by atoms with E-state index < -0.39 is 0 Å². The largest absolute Gasteiger partial charge is 0.490 e. The van der Waals surface area contributed by atoms with Gasteiger partial charge >= 0.3 is 0 Å². The molecule has 0 aromatic heterocycles. The van der Waals surface area contributed by atoms with Crippen molar-refractivity contribution in [2.75, 3.05) is 32.2 Å². The normalized spacial score (nSPS) is 10.2. The molecule has 29 heavy (non-hydrogen) atoms. The van der Waals surface area contributed by atoms with Crippen molar-refractivity contribution in [3.8, 4) is 11.5 Å². The molecule has 0 unspecified atom stereocenters. The lowest BCUT2D eigenvalue weighted by atomic mass is 10.2. The van der Waals surface area contributed by atoms with Crippen molar-refractivity contribution in [1.82, 2.24) is 5.32 Å². The molecule has 2 rings (SSSR count). The van der Waals surface area contributed by atoms with E-state index in [2.05, 4.69) is 33.1 Å². The Morgan fingerprint density at radius 2 is 1.86 bits per heavy atom. The lowest BCUT2D eigenvalue weighted by Gasteiger charge is -2.14. The van der Waals surface area contributed by atoms with Gasteiger partial charge in [0.2, 0.25) is 0 Å². The van der Waals surface area contributed by atoms with E-state index in [0.29, 0.717) is 31.1 Å². The third-order valence-corrected chi connectivity index (χ3v) is 4.25. The van der Waals surface area contributed by atoms with Crippen LogP contribution in [0.4, 0.5) is 5.69 Å². The van der Waals surface area contributed by atoms with Crippen molar-refractivity contribution in [1.29, 1.82) is 0 Å². The van der Waals surface area contributed by atoms with Gasteiger partial charge in [-0.15, -0.1) is 0 Å². The van der Waals surface area contributed by atoms with E-state index >= 15 is 0 Å². The van der Waals surface area contributed by atoms with E-state index in [1.54, 1.807) is 25.3 Å². The molecular formula is C21H23BrN2O4S. The summed E-state index contributed by atoms with van der Waals surface area (Å²) < 4.78 is 16.9. The van der Waals surface area contributed by atoms with E-state index in [9.17, 15) is 4.79 Å². The maximum atomic E-state index is 12.7. The van der Waals surface area contributed by atoms with Gasteiger partial charge in [0.05, 0.1) is 12.2 Å². The van der Waals surface area contributed by atoms with Crippen LogP contribution in [0.5, 0.6) is 11.5 Å². The maximum Gasteiger partial charge on any atom is 0.261 e.